The van der Waals surface area contributed by atoms with E-state index in [9.17, 15) is 9.59 Å². The van der Waals surface area contributed by atoms with Crippen molar-refractivity contribution in [2.24, 2.45) is 0 Å². The number of amides is 1. The van der Waals surface area contributed by atoms with Crippen LogP contribution in [0.3, 0.4) is 0 Å². The lowest BCUT2D eigenvalue weighted by Crippen LogP contribution is -2.33. The Balaban J connectivity index is 1.53. The number of H-pyrrole nitrogens is 2. The van der Waals surface area contributed by atoms with Gasteiger partial charge in [-0.15, -0.1) is 0 Å². The lowest BCUT2D eigenvalue weighted by molar-refractivity contribution is -0.128. The highest BCUT2D eigenvalue weighted by Gasteiger charge is 2.28. The quantitative estimate of drug-likeness (QED) is 0.783. The van der Waals surface area contributed by atoms with Crippen LogP contribution < -0.4 is 10.9 Å². The fourth-order valence-electron chi connectivity index (χ4n) is 2.76. The Bertz CT molecular complexity index is 784. The fraction of sp³-hybridized carbons (Fsp3) is 0.312. The molecule has 0 aliphatic carbocycles. The van der Waals surface area contributed by atoms with Gasteiger partial charge in [-0.05, 0) is 30.7 Å². The molecule has 1 aromatic heterocycles. The van der Waals surface area contributed by atoms with Crippen LogP contribution >= 0.6 is 0 Å². The zero-order valence-electron chi connectivity index (χ0n) is 12.5. The Morgan fingerprint density at radius 1 is 1.35 bits per heavy atom. The van der Waals surface area contributed by atoms with Gasteiger partial charge < -0.3 is 15.3 Å². The summed E-state index contributed by atoms with van der Waals surface area (Å²) in [5, 5.41) is 17.2. The molecule has 0 radical (unpaired) electrons. The van der Waals surface area contributed by atoms with Crippen molar-refractivity contribution < 1.29 is 4.79 Å². The largest absolute Gasteiger partial charge is 0.376 e. The van der Waals surface area contributed by atoms with E-state index < -0.39 is 0 Å². The van der Waals surface area contributed by atoms with E-state index in [-0.39, 0.29) is 23.9 Å². The number of carbonyl (C=O) groups is 1. The van der Waals surface area contributed by atoms with Crippen LogP contribution in [0, 0.1) is 11.3 Å². The third-order valence-corrected chi connectivity index (χ3v) is 4.06. The molecule has 0 spiro atoms. The molecule has 1 saturated heterocycles. The van der Waals surface area contributed by atoms with Crippen LogP contribution in [0.1, 0.15) is 23.6 Å². The van der Waals surface area contributed by atoms with E-state index in [4.69, 9.17) is 5.26 Å². The van der Waals surface area contributed by atoms with Gasteiger partial charge in [-0.2, -0.15) is 5.26 Å². The number of hydrogen-bond acceptors (Lipinski definition) is 4. The summed E-state index contributed by atoms with van der Waals surface area (Å²) < 4.78 is 0. The van der Waals surface area contributed by atoms with E-state index in [1.54, 1.807) is 35.2 Å². The van der Waals surface area contributed by atoms with Crippen molar-refractivity contribution in [3.63, 3.8) is 0 Å². The standard InChI is InChI=1S/C16H17N5O2/c17-8-11-1-3-13(4-2-11)18-9-16(23)21-6-5-12(10-21)14-7-15(22)20-19-14/h1-4,7,12,18H,5-6,9-10H2,(H2,19,20,22). The summed E-state index contributed by atoms with van der Waals surface area (Å²) in [6.45, 7) is 1.51. The minimum absolute atomic E-state index is 0.0229. The zero-order chi connectivity index (χ0) is 16.2. The third kappa shape index (κ3) is 3.43. The maximum Gasteiger partial charge on any atom is 0.264 e. The minimum atomic E-state index is -0.146. The summed E-state index contributed by atoms with van der Waals surface area (Å²) in [6, 6.07) is 10.6. The summed E-state index contributed by atoms with van der Waals surface area (Å²) in [5.41, 5.74) is 2.10. The summed E-state index contributed by atoms with van der Waals surface area (Å²) in [5.74, 6) is 0.197. The van der Waals surface area contributed by atoms with Gasteiger partial charge in [0.1, 0.15) is 0 Å². The number of hydrogen-bond donors (Lipinski definition) is 3. The number of aromatic amines is 2. The predicted molar refractivity (Wildman–Crippen MR) is 85.0 cm³/mol. The van der Waals surface area contributed by atoms with Gasteiger partial charge in [0.2, 0.25) is 5.91 Å². The second-order valence-corrected chi connectivity index (χ2v) is 5.58. The van der Waals surface area contributed by atoms with E-state index >= 15 is 0 Å². The summed E-state index contributed by atoms with van der Waals surface area (Å²) in [6.07, 6.45) is 0.844. The second-order valence-electron chi connectivity index (χ2n) is 5.58. The SMILES string of the molecule is N#Cc1ccc(NCC(=O)N2CCC(c3cc(=O)[nH][nH]3)C2)cc1. The van der Waals surface area contributed by atoms with Crippen molar-refractivity contribution in [1.82, 2.24) is 15.1 Å². The van der Waals surface area contributed by atoms with Crippen molar-refractivity contribution >= 4 is 11.6 Å². The van der Waals surface area contributed by atoms with Crippen LogP contribution in [0.25, 0.3) is 0 Å². The fourth-order valence-corrected chi connectivity index (χ4v) is 2.76. The van der Waals surface area contributed by atoms with Crippen molar-refractivity contribution in [1.29, 1.82) is 5.26 Å². The molecule has 1 atom stereocenters. The number of anilines is 1. The number of benzene rings is 1. The Hall–Kier alpha value is -3.01. The first-order valence-corrected chi connectivity index (χ1v) is 7.45. The summed E-state index contributed by atoms with van der Waals surface area (Å²) in [7, 11) is 0. The van der Waals surface area contributed by atoms with Gasteiger partial charge in [-0.25, -0.2) is 0 Å². The normalized spacial score (nSPS) is 17.0. The highest BCUT2D eigenvalue weighted by molar-refractivity contribution is 5.81. The van der Waals surface area contributed by atoms with Gasteiger partial charge in [0.25, 0.3) is 5.56 Å². The van der Waals surface area contributed by atoms with E-state index in [1.165, 1.54) is 0 Å². The van der Waals surface area contributed by atoms with Crippen LogP contribution in [0.2, 0.25) is 0 Å². The molecular formula is C16H17N5O2. The molecule has 1 fully saturated rings. The van der Waals surface area contributed by atoms with E-state index in [0.29, 0.717) is 18.7 Å². The molecule has 7 nitrogen and oxygen atoms in total. The average molecular weight is 311 g/mol. The van der Waals surface area contributed by atoms with Crippen molar-refractivity contribution in [3.8, 4) is 6.07 Å². The minimum Gasteiger partial charge on any atom is -0.376 e. The Labute approximate surface area is 132 Å². The second kappa shape index (κ2) is 6.40. The molecular weight excluding hydrogens is 294 g/mol. The summed E-state index contributed by atoms with van der Waals surface area (Å²) in [4.78, 5) is 25.2. The maximum atomic E-state index is 12.3. The van der Waals surface area contributed by atoms with Crippen molar-refractivity contribution in [2.75, 3.05) is 25.0 Å². The molecule has 2 heterocycles. The number of nitriles is 1. The molecule has 1 unspecified atom stereocenters. The highest BCUT2D eigenvalue weighted by Crippen LogP contribution is 2.24. The number of carbonyl (C=O) groups excluding carboxylic acids is 1. The molecule has 118 valence electrons. The molecule has 0 bridgehead atoms. The highest BCUT2D eigenvalue weighted by atomic mass is 16.2. The lowest BCUT2D eigenvalue weighted by atomic mass is 10.1. The smallest absolute Gasteiger partial charge is 0.264 e. The molecule has 23 heavy (non-hydrogen) atoms. The molecule has 2 aromatic rings. The Kier molecular flexibility index (Phi) is 4.15. The Morgan fingerprint density at radius 3 is 2.78 bits per heavy atom. The molecule has 1 aromatic carbocycles. The van der Waals surface area contributed by atoms with E-state index in [2.05, 4.69) is 21.6 Å². The molecule has 7 heteroatoms. The van der Waals surface area contributed by atoms with Crippen LogP contribution in [0.15, 0.2) is 35.1 Å². The average Bonchev–Trinajstić information content (AvgIpc) is 3.22. The van der Waals surface area contributed by atoms with Crippen molar-refractivity contribution in [3.05, 3.63) is 51.9 Å². The number of aromatic nitrogens is 2. The first kappa shape index (κ1) is 14.9. The third-order valence-electron chi connectivity index (χ3n) is 4.06. The van der Waals surface area contributed by atoms with Crippen LogP contribution in [-0.4, -0.2) is 40.6 Å². The topological polar surface area (TPSA) is 105 Å². The van der Waals surface area contributed by atoms with Crippen LogP contribution in [0.4, 0.5) is 5.69 Å². The number of nitrogens with one attached hydrogen (secondary N) is 3. The molecule has 0 saturated carbocycles. The van der Waals surface area contributed by atoms with Gasteiger partial charge in [0.05, 0.1) is 18.2 Å². The number of likely N-dealkylation sites (tertiary alicyclic amines) is 1. The number of rotatable bonds is 4. The number of nitrogens with zero attached hydrogens (tertiary/aromatic N) is 2. The van der Waals surface area contributed by atoms with Gasteiger partial charge >= 0.3 is 0 Å². The molecule has 3 rings (SSSR count). The van der Waals surface area contributed by atoms with Gasteiger partial charge in [-0.3, -0.25) is 14.7 Å². The Morgan fingerprint density at radius 2 is 2.13 bits per heavy atom. The molecule has 1 aliphatic rings. The van der Waals surface area contributed by atoms with Crippen LogP contribution in [-0.2, 0) is 4.79 Å². The van der Waals surface area contributed by atoms with Crippen molar-refractivity contribution in [2.45, 2.75) is 12.3 Å². The molecule has 1 aliphatic heterocycles. The van der Waals surface area contributed by atoms with Gasteiger partial charge in [0, 0.05) is 36.5 Å². The lowest BCUT2D eigenvalue weighted by Gasteiger charge is -2.17. The van der Waals surface area contributed by atoms with Gasteiger partial charge in [0.15, 0.2) is 0 Å². The zero-order valence-corrected chi connectivity index (χ0v) is 12.5. The molecule has 1 amide bonds. The first-order valence-electron chi connectivity index (χ1n) is 7.45. The summed E-state index contributed by atoms with van der Waals surface area (Å²) >= 11 is 0. The van der Waals surface area contributed by atoms with Crippen LogP contribution in [0.5, 0.6) is 0 Å². The predicted octanol–water partition coefficient (Wildman–Crippen LogP) is 1.00. The first-order chi connectivity index (χ1) is 11.2. The maximum absolute atomic E-state index is 12.3. The van der Waals surface area contributed by atoms with Gasteiger partial charge in [-0.1, -0.05) is 0 Å². The van der Waals surface area contributed by atoms with E-state index in [0.717, 1.165) is 17.8 Å². The monoisotopic (exact) mass is 311 g/mol. The van der Waals surface area contributed by atoms with E-state index in [1.807, 2.05) is 0 Å². The molecule has 3 N–H and O–H groups in total.